The molecule has 1 atom stereocenters. The van der Waals surface area contributed by atoms with E-state index in [1.807, 2.05) is 0 Å². The van der Waals surface area contributed by atoms with Crippen LogP contribution >= 0.6 is 0 Å². The summed E-state index contributed by atoms with van der Waals surface area (Å²) in [5.41, 5.74) is 0. The number of para-hydroxylation sites is 2. The zero-order valence-corrected chi connectivity index (χ0v) is 10.2. The maximum absolute atomic E-state index is 10.9. The molecule has 1 saturated heterocycles. The molecule has 1 aromatic rings. The highest BCUT2D eigenvalue weighted by Crippen LogP contribution is 2.21. The molecule has 0 radical (unpaired) electrons. The minimum atomic E-state index is -2.00. The number of carbonyl (C=O) groups excluding carboxylic acids is 1. The Morgan fingerprint density at radius 1 is 1.26 bits per heavy atom. The van der Waals surface area contributed by atoms with Crippen LogP contribution in [0.5, 0.6) is 11.5 Å². The number of carbonyl (C=O) groups is 1. The second-order valence-corrected chi connectivity index (χ2v) is 3.90. The average molecular weight is 269 g/mol. The summed E-state index contributed by atoms with van der Waals surface area (Å²) in [6.45, 7) is 0.779. The number of nitrogens with one attached hydrogen (secondary N) is 1. The van der Waals surface area contributed by atoms with E-state index >= 15 is 0 Å². The lowest BCUT2D eigenvalue weighted by molar-refractivity contribution is -0.138. The molecule has 0 unspecified atom stereocenters. The molecule has 1 heterocycles. The molecule has 1 aliphatic rings. The molecule has 0 saturated carbocycles. The van der Waals surface area contributed by atoms with E-state index in [1.165, 1.54) is 12.1 Å². The van der Waals surface area contributed by atoms with Crippen LogP contribution in [0, 0.1) is 0 Å². The Hall–Kier alpha value is -1.77. The van der Waals surface area contributed by atoms with Crippen molar-refractivity contribution in [1.29, 1.82) is 0 Å². The van der Waals surface area contributed by atoms with Gasteiger partial charge in [0.25, 0.3) is 0 Å². The number of rotatable bonds is 2. The van der Waals surface area contributed by atoms with Crippen LogP contribution in [0.15, 0.2) is 24.3 Å². The Bertz CT molecular complexity index is 387. The Kier molecular flexibility index (Phi) is 6.13. The van der Waals surface area contributed by atoms with Gasteiger partial charge in [-0.1, -0.05) is 12.1 Å². The predicted molar refractivity (Wildman–Crippen MR) is 67.1 cm³/mol. The summed E-state index contributed by atoms with van der Waals surface area (Å²) in [7, 11) is -2.00. The lowest BCUT2D eigenvalue weighted by Crippen LogP contribution is -2.36. The fourth-order valence-electron chi connectivity index (χ4n) is 1.54. The molecule has 2 rings (SSSR count). The van der Waals surface area contributed by atoms with E-state index < -0.39 is 13.3 Å². The predicted octanol–water partition coefficient (Wildman–Crippen LogP) is -0.651. The van der Waals surface area contributed by atoms with Crippen LogP contribution in [0.3, 0.4) is 0 Å². The molecule has 7 nitrogen and oxygen atoms in total. The normalized spacial score (nSPS) is 17.3. The summed E-state index contributed by atoms with van der Waals surface area (Å²) in [5, 5.41) is 36.7. The van der Waals surface area contributed by atoms with Gasteiger partial charge in [-0.25, -0.2) is 0 Å². The van der Waals surface area contributed by atoms with Crippen LogP contribution in [-0.2, 0) is 9.45 Å². The van der Waals surface area contributed by atoms with Crippen LogP contribution in [0.25, 0.3) is 0 Å². The molecule has 0 amide bonds. The molecule has 1 fully saturated rings. The van der Waals surface area contributed by atoms with E-state index in [2.05, 4.69) is 9.97 Å². The highest BCUT2D eigenvalue weighted by atomic mass is 16.6. The smallest absolute Gasteiger partial charge is 0.504 e. The van der Waals surface area contributed by atoms with Gasteiger partial charge >= 0.3 is 13.3 Å². The van der Waals surface area contributed by atoms with Crippen molar-refractivity contribution in [2.24, 2.45) is 0 Å². The van der Waals surface area contributed by atoms with Crippen molar-refractivity contribution in [1.82, 2.24) is 5.32 Å². The van der Waals surface area contributed by atoms with Gasteiger partial charge in [0.2, 0.25) is 0 Å². The third-order valence-corrected chi connectivity index (χ3v) is 2.45. The number of phenolic OH excluding ortho intramolecular Hbond substituents is 2. The Balaban J connectivity index is 0.000000200. The second kappa shape index (κ2) is 7.62. The quantitative estimate of drug-likeness (QED) is 0.357. The SMILES string of the molecule is O=C(OB(O)O)[C@@H]1CCCN1.Oc1ccccc1O. The monoisotopic (exact) mass is 269 g/mol. The summed E-state index contributed by atoms with van der Waals surface area (Å²) in [4.78, 5) is 10.9. The molecule has 104 valence electrons. The Morgan fingerprint density at radius 2 is 1.84 bits per heavy atom. The van der Waals surface area contributed by atoms with Crippen molar-refractivity contribution >= 4 is 13.3 Å². The van der Waals surface area contributed by atoms with Crippen molar-refractivity contribution in [2.75, 3.05) is 6.54 Å². The average Bonchev–Trinajstić information content (AvgIpc) is 2.87. The molecule has 5 N–H and O–H groups in total. The number of phenols is 2. The van der Waals surface area contributed by atoms with Gasteiger partial charge in [-0.3, -0.25) is 4.79 Å². The highest BCUT2D eigenvalue weighted by Gasteiger charge is 2.26. The first-order chi connectivity index (χ1) is 9.00. The van der Waals surface area contributed by atoms with Crippen LogP contribution < -0.4 is 5.32 Å². The van der Waals surface area contributed by atoms with Gasteiger partial charge in [-0.2, -0.15) is 0 Å². The molecule has 8 heteroatoms. The van der Waals surface area contributed by atoms with E-state index in [0.717, 1.165) is 13.0 Å². The minimum Gasteiger partial charge on any atom is -0.504 e. The third-order valence-electron chi connectivity index (χ3n) is 2.45. The van der Waals surface area contributed by atoms with Crippen LogP contribution in [0.2, 0.25) is 0 Å². The van der Waals surface area contributed by atoms with E-state index in [-0.39, 0.29) is 17.5 Å². The van der Waals surface area contributed by atoms with E-state index in [1.54, 1.807) is 12.1 Å². The summed E-state index contributed by atoms with van der Waals surface area (Å²) in [6, 6.07) is 5.78. The van der Waals surface area contributed by atoms with Gasteiger partial charge in [-0.15, -0.1) is 0 Å². The number of aromatic hydroxyl groups is 2. The van der Waals surface area contributed by atoms with E-state index in [9.17, 15) is 4.79 Å². The van der Waals surface area contributed by atoms with Gasteiger partial charge in [0.15, 0.2) is 11.5 Å². The molecule has 0 aromatic heterocycles. The van der Waals surface area contributed by atoms with Gasteiger partial charge in [0.1, 0.15) is 6.04 Å². The van der Waals surface area contributed by atoms with Gasteiger partial charge < -0.3 is 30.2 Å². The van der Waals surface area contributed by atoms with Crippen molar-refractivity contribution in [2.45, 2.75) is 18.9 Å². The molecular weight excluding hydrogens is 253 g/mol. The van der Waals surface area contributed by atoms with Crippen LogP contribution in [0.4, 0.5) is 0 Å². The summed E-state index contributed by atoms with van der Waals surface area (Å²) >= 11 is 0. The van der Waals surface area contributed by atoms with Gasteiger partial charge in [-0.05, 0) is 31.5 Å². The first kappa shape index (κ1) is 15.3. The minimum absolute atomic E-state index is 0.0764. The zero-order valence-electron chi connectivity index (χ0n) is 10.2. The first-order valence-electron chi connectivity index (χ1n) is 5.77. The second-order valence-electron chi connectivity index (χ2n) is 3.90. The zero-order chi connectivity index (χ0) is 14.3. The lowest BCUT2D eigenvalue weighted by atomic mass is 10.2. The van der Waals surface area contributed by atoms with Gasteiger partial charge in [0, 0.05) is 0 Å². The topological polar surface area (TPSA) is 119 Å². The fourth-order valence-corrected chi connectivity index (χ4v) is 1.54. The van der Waals surface area contributed by atoms with Crippen LogP contribution in [0.1, 0.15) is 12.8 Å². The lowest BCUT2D eigenvalue weighted by Gasteiger charge is -2.08. The molecule has 19 heavy (non-hydrogen) atoms. The standard InChI is InChI=1S/C6H6O2.C5H10BNO4/c7-5-3-1-2-4-6(5)8;8-5(11-6(9)10)4-2-1-3-7-4/h1-4,7-8H;4,7,9-10H,1-3H2/t;4-/m.0/s1. The van der Waals surface area contributed by atoms with Crippen molar-refractivity contribution in [3.63, 3.8) is 0 Å². The fraction of sp³-hybridized carbons (Fsp3) is 0.364. The molecular formula is C11H16BNO6. The maximum atomic E-state index is 10.9. The molecule has 0 aliphatic carbocycles. The summed E-state index contributed by atoms with van der Waals surface area (Å²) in [5.74, 6) is -0.752. The van der Waals surface area contributed by atoms with E-state index in [4.69, 9.17) is 20.3 Å². The summed E-state index contributed by atoms with van der Waals surface area (Å²) < 4.78 is 4.14. The Morgan fingerprint density at radius 3 is 2.21 bits per heavy atom. The molecule has 1 aromatic carbocycles. The van der Waals surface area contributed by atoms with Crippen molar-refractivity contribution in [3.8, 4) is 11.5 Å². The number of hydrogen-bond donors (Lipinski definition) is 5. The summed E-state index contributed by atoms with van der Waals surface area (Å²) in [6.07, 6.45) is 1.62. The maximum Gasteiger partial charge on any atom is 0.709 e. The van der Waals surface area contributed by atoms with Crippen molar-refractivity contribution < 1.29 is 29.7 Å². The Labute approximate surface area is 110 Å². The van der Waals surface area contributed by atoms with Crippen LogP contribution in [-0.4, -0.2) is 46.1 Å². The number of benzene rings is 1. The molecule has 1 aliphatic heterocycles. The van der Waals surface area contributed by atoms with Crippen molar-refractivity contribution in [3.05, 3.63) is 24.3 Å². The molecule has 0 spiro atoms. The number of hydrogen-bond acceptors (Lipinski definition) is 7. The molecule has 0 bridgehead atoms. The third kappa shape index (κ3) is 5.60. The largest absolute Gasteiger partial charge is 0.709 e. The highest BCUT2D eigenvalue weighted by molar-refractivity contribution is 6.35. The van der Waals surface area contributed by atoms with Gasteiger partial charge in [0.05, 0.1) is 0 Å². The van der Waals surface area contributed by atoms with E-state index in [0.29, 0.717) is 6.42 Å². The first-order valence-corrected chi connectivity index (χ1v) is 5.77.